The SMILES string of the molecule is C#CCOC(=O)OC(C)C(=O)OC=C. The van der Waals surface area contributed by atoms with E-state index in [9.17, 15) is 9.59 Å². The number of terminal acetylenes is 1. The molecule has 0 aliphatic carbocycles. The normalized spacial score (nSPS) is 10.6. The van der Waals surface area contributed by atoms with Crippen LogP contribution in [-0.4, -0.2) is 24.8 Å². The smallest absolute Gasteiger partial charge is 0.432 e. The van der Waals surface area contributed by atoms with Crippen molar-refractivity contribution in [3.8, 4) is 12.3 Å². The predicted octanol–water partition coefficient (Wildman–Crippen LogP) is 0.848. The minimum atomic E-state index is -1.06. The second kappa shape index (κ2) is 6.54. The first kappa shape index (κ1) is 12.0. The number of carbonyl (C=O) groups excluding carboxylic acids is 2. The molecule has 0 N–H and O–H groups in total. The lowest BCUT2D eigenvalue weighted by molar-refractivity contribution is -0.148. The zero-order valence-electron chi connectivity index (χ0n) is 7.69. The first-order valence-corrected chi connectivity index (χ1v) is 3.70. The molecule has 0 amide bonds. The highest BCUT2D eigenvalue weighted by molar-refractivity contribution is 5.77. The summed E-state index contributed by atoms with van der Waals surface area (Å²) in [6.45, 7) is 4.30. The standard InChI is InChI=1S/C9H10O5/c1-4-6-13-9(11)14-7(3)8(10)12-5-2/h1,5,7H,2,6H2,3H3. The molecule has 0 aromatic rings. The Labute approximate surface area is 81.6 Å². The van der Waals surface area contributed by atoms with Crippen molar-refractivity contribution in [2.75, 3.05) is 6.61 Å². The van der Waals surface area contributed by atoms with Gasteiger partial charge in [-0.25, -0.2) is 9.59 Å². The van der Waals surface area contributed by atoms with Gasteiger partial charge in [0.05, 0.1) is 6.26 Å². The molecule has 14 heavy (non-hydrogen) atoms. The number of esters is 1. The lowest BCUT2D eigenvalue weighted by Crippen LogP contribution is -2.25. The van der Waals surface area contributed by atoms with E-state index in [1.165, 1.54) is 6.92 Å². The highest BCUT2D eigenvalue weighted by Gasteiger charge is 2.19. The number of ether oxygens (including phenoxy) is 3. The van der Waals surface area contributed by atoms with Crippen molar-refractivity contribution in [2.45, 2.75) is 13.0 Å². The van der Waals surface area contributed by atoms with Gasteiger partial charge in [0.2, 0.25) is 0 Å². The first-order chi connectivity index (χ1) is 6.61. The van der Waals surface area contributed by atoms with Gasteiger partial charge in [-0.05, 0) is 6.92 Å². The van der Waals surface area contributed by atoms with Gasteiger partial charge in [0.1, 0.15) is 0 Å². The van der Waals surface area contributed by atoms with Crippen LogP contribution < -0.4 is 0 Å². The molecule has 76 valence electrons. The molecule has 0 aromatic carbocycles. The zero-order valence-corrected chi connectivity index (χ0v) is 7.69. The van der Waals surface area contributed by atoms with Crippen molar-refractivity contribution in [3.63, 3.8) is 0 Å². The van der Waals surface area contributed by atoms with E-state index in [0.717, 1.165) is 6.26 Å². The van der Waals surface area contributed by atoms with Crippen LogP contribution in [0.1, 0.15) is 6.92 Å². The van der Waals surface area contributed by atoms with Crippen LogP contribution in [-0.2, 0) is 19.0 Å². The Morgan fingerprint density at radius 2 is 2.29 bits per heavy atom. The molecular formula is C9H10O5. The molecule has 0 rings (SSSR count). The van der Waals surface area contributed by atoms with Crippen LogP contribution in [0.15, 0.2) is 12.8 Å². The van der Waals surface area contributed by atoms with Crippen molar-refractivity contribution < 1.29 is 23.8 Å². The molecular weight excluding hydrogens is 188 g/mol. The molecule has 0 aliphatic heterocycles. The summed E-state index contributed by atoms with van der Waals surface area (Å²) in [5.41, 5.74) is 0. The van der Waals surface area contributed by atoms with Crippen LogP contribution in [0.2, 0.25) is 0 Å². The van der Waals surface area contributed by atoms with E-state index in [1.54, 1.807) is 0 Å². The van der Waals surface area contributed by atoms with Crippen molar-refractivity contribution in [1.82, 2.24) is 0 Å². The van der Waals surface area contributed by atoms with Crippen molar-refractivity contribution in [2.24, 2.45) is 0 Å². The van der Waals surface area contributed by atoms with Crippen LogP contribution in [0.4, 0.5) is 4.79 Å². The van der Waals surface area contributed by atoms with Crippen molar-refractivity contribution in [3.05, 3.63) is 12.8 Å². The van der Waals surface area contributed by atoms with Gasteiger partial charge in [-0.15, -0.1) is 6.42 Å². The first-order valence-electron chi connectivity index (χ1n) is 3.70. The fourth-order valence-electron chi connectivity index (χ4n) is 0.505. The van der Waals surface area contributed by atoms with E-state index < -0.39 is 18.2 Å². The summed E-state index contributed by atoms with van der Waals surface area (Å²) in [4.78, 5) is 21.6. The third-order valence-electron chi connectivity index (χ3n) is 1.08. The molecule has 0 heterocycles. The third-order valence-corrected chi connectivity index (χ3v) is 1.08. The van der Waals surface area contributed by atoms with Gasteiger partial charge in [0.15, 0.2) is 12.7 Å². The monoisotopic (exact) mass is 198 g/mol. The number of hydrogen-bond acceptors (Lipinski definition) is 5. The number of carbonyl (C=O) groups is 2. The third kappa shape index (κ3) is 4.83. The van der Waals surface area contributed by atoms with Crippen LogP contribution in [0.5, 0.6) is 0 Å². The molecule has 0 saturated heterocycles. The molecule has 0 aliphatic rings. The van der Waals surface area contributed by atoms with Gasteiger partial charge in [-0.1, -0.05) is 12.5 Å². The Morgan fingerprint density at radius 3 is 2.79 bits per heavy atom. The quantitative estimate of drug-likeness (QED) is 0.380. The van der Waals surface area contributed by atoms with E-state index in [0.29, 0.717) is 0 Å². The molecule has 1 unspecified atom stereocenters. The average Bonchev–Trinajstić information content (AvgIpc) is 2.15. The number of rotatable bonds is 4. The van der Waals surface area contributed by atoms with Crippen LogP contribution in [0.25, 0.3) is 0 Å². The minimum Gasteiger partial charge on any atom is -0.432 e. The fraction of sp³-hybridized carbons (Fsp3) is 0.333. The molecule has 0 aromatic heterocycles. The van der Waals surface area contributed by atoms with E-state index in [-0.39, 0.29) is 6.61 Å². The van der Waals surface area contributed by atoms with Gasteiger partial charge < -0.3 is 14.2 Å². The Kier molecular flexibility index (Phi) is 5.63. The molecule has 1 atom stereocenters. The molecule has 5 nitrogen and oxygen atoms in total. The van der Waals surface area contributed by atoms with E-state index in [4.69, 9.17) is 6.42 Å². The lowest BCUT2D eigenvalue weighted by atomic mass is 10.4. The van der Waals surface area contributed by atoms with Crippen molar-refractivity contribution in [1.29, 1.82) is 0 Å². The second-order valence-corrected chi connectivity index (χ2v) is 2.11. The maximum atomic E-state index is 10.9. The molecule has 0 fully saturated rings. The molecule has 0 bridgehead atoms. The summed E-state index contributed by atoms with van der Waals surface area (Å²) in [6.07, 6.45) is 3.69. The van der Waals surface area contributed by atoms with Crippen LogP contribution in [0, 0.1) is 12.3 Å². The Bertz CT molecular complexity index is 263. The van der Waals surface area contributed by atoms with Gasteiger partial charge in [-0.3, -0.25) is 0 Å². The maximum Gasteiger partial charge on any atom is 0.510 e. The summed E-state index contributed by atoms with van der Waals surface area (Å²) >= 11 is 0. The lowest BCUT2D eigenvalue weighted by Gasteiger charge is -2.09. The highest BCUT2D eigenvalue weighted by Crippen LogP contribution is 1.97. The largest absolute Gasteiger partial charge is 0.510 e. The summed E-state index contributed by atoms with van der Waals surface area (Å²) in [5.74, 6) is 1.33. The Hall–Kier alpha value is -1.96. The maximum absolute atomic E-state index is 10.9. The summed E-state index contributed by atoms with van der Waals surface area (Å²) in [7, 11) is 0. The van der Waals surface area contributed by atoms with Crippen molar-refractivity contribution >= 4 is 12.1 Å². The average molecular weight is 198 g/mol. The van der Waals surface area contributed by atoms with E-state index in [2.05, 4.69) is 26.7 Å². The fourth-order valence-corrected chi connectivity index (χ4v) is 0.505. The van der Waals surface area contributed by atoms with Gasteiger partial charge in [0.25, 0.3) is 0 Å². The highest BCUT2D eigenvalue weighted by atomic mass is 16.7. The molecule has 0 spiro atoms. The second-order valence-electron chi connectivity index (χ2n) is 2.11. The predicted molar refractivity (Wildman–Crippen MR) is 47.0 cm³/mol. The van der Waals surface area contributed by atoms with E-state index in [1.807, 2.05) is 0 Å². The molecule has 0 saturated carbocycles. The topological polar surface area (TPSA) is 61.8 Å². The Balaban J connectivity index is 3.87. The van der Waals surface area contributed by atoms with E-state index >= 15 is 0 Å². The van der Waals surface area contributed by atoms with Gasteiger partial charge in [-0.2, -0.15) is 0 Å². The van der Waals surface area contributed by atoms with Gasteiger partial charge >= 0.3 is 12.1 Å². The Morgan fingerprint density at radius 1 is 1.64 bits per heavy atom. The summed E-state index contributed by atoms with van der Waals surface area (Å²) in [5, 5.41) is 0. The molecule has 5 heteroatoms. The molecule has 0 radical (unpaired) electrons. The summed E-state index contributed by atoms with van der Waals surface area (Å²) < 4.78 is 13.2. The van der Waals surface area contributed by atoms with Crippen LogP contribution in [0.3, 0.4) is 0 Å². The van der Waals surface area contributed by atoms with Crippen LogP contribution >= 0.6 is 0 Å². The zero-order chi connectivity index (χ0) is 11.0. The number of hydrogen-bond donors (Lipinski definition) is 0. The minimum absolute atomic E-state index is 0.206. The summed E-state index contributed by atoms with van der Waals surface area (Å²) in [6, 6.07) is 0. The van der Waals surface area contributed by atoms with Gasteiger partial charge in [0, 0.05) is 0 Å².